The van der Waals surface area contributed by atoms with E-state index in [4.69, 9.17) is 14.2 Å². The molecule has 0 amide bonds. The molecule has 0 unspecified atom stereocenters. The standard InChI is InChI=1S/C21H24N4O3S.2C2H6/c1-5-17(26-2)21(28-4)18(27-3)9-8-15-13-23-20-11-10-19(24-25(15)20)22-14-16-7-6-12-29-16;2*1-2/h5-7,9-13H,1,8,14H2,2-4H3,(H,22,24);2*1-2H3/b18-9+,21-17-;;. The molecule has 0 aliphatic carbocycles. The Morgan fingerprint density at radius 2 is 1.85 bits per heavy atom. The lowest BCUT2D eigenvalue weighted by Crippen LogP contribution is -2.05. The summed E-state index contributed by atoms with van der Waals surface area (Å²) in [4.78, 5) is 5.68. The van der Waals surface area contributed by atoms with Gasteiger partial charge < -0.3 is 19.5 Å². The van der Waals surface area contributed by atoms with Crippen LogP contribution < -0.4 is 5.32 Å². The molecular formula is C25H36N4O3S. The van der Waals surface area contributed by atoms with Crippen LogP contribution in [0.2, 0.25) is 0 Å². The molecule has 33 heavy (non-hydrogen) atoms. The number of fused-ring (bicyclic) bond motifs is 1. The number of ether oxygens (including phenoxy) is 3. The van der Waals surface area contributed by atoms with Crippen molar-refractivity contribution in [3.05, 3.63) is 82.4 Å². The van der Waals surface area contributed by atoms with E-state index in [0.717, 1.165) is 23.7 Å². The quantitative estimate of drug-likeness (QED) is 0.279. The van der Waals surface area contributed by atoms with E-state index in [1.165, 1.54) is 4.88 Å². The average molecular weight is 473 g/mol. The molecule has 0 saturated heterocycles. The fourth-order valence-corrected chi connectivity index (χ4v) is 3.45. The molecule has 180 valence electrons. The number of thiophene rings is 1. The van der Waals surface area contributed by atoms with Crippen molar-refractivity contribution in [1.29, 1.82) is 0 Å². The van der Waals surface area contributed by atoms with Gasteiger partial charge in [0.05, 0.1) is 39.8 Å². The van der Waals surface area contributed by atoms with Crippen molar-refractivity contribution in [1.82, 2.24) is 14.6 Å². The molecule has 0 aromatic carbocycles. The number of allylic oxidation sites excluding steroid dienone is 2. The first-order chi connectivity index (χ1) is 16.2. The molecule has 0 saturated carbocycles. The number of anilines is 1. The van der Waals surface area contributed by atoms with E-state index in [2.05, 4.69) is 33.4 Å². The first kappa shape index (κ1) is 27.8. The Morgan fingerprint density at radius 1 is 1.09 bits per heavy atom. The van der Waals surface area contributed by atoms with E-state index in [1.807, 2.05) is 56.5 Å². The SMILES string of the molecule is C=C/C(OC)=C(OC)\C(=C/Cc1cnc2ccc(NCc3cccs3)nn12)OC.CC.CC. The van der Waals surface area contributed by atoms with Crippen LogP contribution in [0, 0.1) is 0 Å². The van der Waals surface area contributed by atoms with Gasteiger partial charge in [-0.3, -0.25) is 0 Å². The zero-order valence-corrected chi connectivity index (χ0v) is 21.5. The van der Waals surface area contributed by atoms with Gasteiger partial charge in [0.2, 0.25) is 5.76 Å². The lowest BCUT2D eigenvalue weighted by Gasteiger charge is -2.13. The maximum atomic E-state index is 5.49. The fourth-order valence-electron chi connectivity index (χ4n) is 2.80. The molecule has 7 nitrogen and oxygen atoms in total. The highest BCUT2D eigenvalue weighted by molar-refractivity contribution is 7.09. The molecule has 0 atom stereocenters. The normalized spacial score (nSPS) is 11.3. The molecule has 0 radical (unpaired) electrons. The van der Waals surface area contributed by atoms with Gasteiger partial charge in [-0.15, -0.1) is 16.4 Å². The number of methoxy groups -OCH3 is 3. The number of rotatable bonds is 10. The van der Waals surface area contributed by atoms with Gasteiger partial charge in [-0.05, 0) is 35.7 Å². The van der Waals surface area contributed by atoms with Gasteiger partial charge >= 0.3 is 0 Å². The van der Waals surface area contributed by atoms with Crippen molar-refractivity contribution in [2.45, 2.75) is 40.7 Å². The molecule has 1 N–H and O–H groups in total. The summed E-state index contributed by atoms with van der Waals surface area (Å²) in [6, 6.07) is 8.00. The topological polar surface area (TPSA) is 69.9 Å². The van der Waals surface area contributed by atoms with Crippen LogP contribution in [-0.2, 0) is 27.2 Å². The summed E-state index contributed by atoms with van der Waals surface area (Å²) in [5, 5.41) is 10.1. The molecule has 3 heterocycles. The van der Waals surface area contributed by atoms with E-state index in [-0.39, 0.29) is 0 Å². The number of aromatic nitrogens is 3. The minimum absolute atomic E-state index is 0.477. The summed E-state index contributed by atoms with van der Waals surface area (Å²) in [5.41, 5.74) is 1.70. The van der Waals surface area contributed by atoms with E-state index in [0.29, 0.717) is 23.7 Å². The number of hydrogen-bond donors (Lipinski definition) is 1. The Hall–Kier alpha value is -3.26. The van der Waals surface area contributed by atoms with Gasteiger partial charge in [-0.1, -0.05) is 40.3 Å². The number of hydrogen-bond acceptors (Lipinski definition) is 7. The highest BCUT2D eigenvalue weighted by Crippen LogP contribution is 2.20. The van der Waals surface area contributed by atoms with Crippen molar-refractivity contribution in [2.24, 2.45) is 0 Å². The highest BCUT2D eigenvalue weighted by atomic mass is 32.1. The Balaban J connectivity index is 0.00000129. The van der Waals surface area contributed by atoms with E-state index in [1.54, 1.807) is 44.9 Å². The second-order valence-electron chi connectivity index (χ2n) is 5.95. The summed E-state index contributed by atoms with van der Waals surface area (Å²) >= 11 is 1.71. The monoisotopic (exact) mass is 472 g/mol. The second kappa shape index (κ2) is 15.5. The number of imidazole rings is 1. The van der Waals surface area contributed by atoms with Crippen LogP contribution in [0.4, 0.5) is 5.82 Å². The Kier molecular flexibility index (Phi) is 13.1. The third kappa shape index (κ3) is 7.68. The third-order valence-electron chi connectivity index (χ3n) is 4.23. The first-order valence-corrected chi connectivity index (χ1v) is 11.9. The zero-order valence-electron chi connectivity index (χ0n) is 20.7. The third-order valence-corrected chi connectivity index (χ3v) is 5.11. The molecule has 8 heteroatoms. The van der Waals surface area contributed by atoms with Gasteiger partial charge in [-0.2, -0.15) is 0 Å². The Bertz CT molecular complexity index is 1020. The molecule has 3 aromatic heterocycles. The molecule has 0 aliphatic heterocycles. The number of nitrogens with one attached hydrogen (secondary N) is 1. The van der Waals surface area contributed by atoms with E-state index < -0.39 is 0 Å². The molecule has 0 aliphatic rings. The van der Waals surface area contributed by atoms with Gasteiger partial charge in [0.1, 0.15) is 5.82 Å². The van der Waals surface area contributed by atoms with Crippen LogP contribution >= 0.6 is 11.3 Å². The zero-order chi connectivity index (χ0) is 24.6. The first-order valence-electron chi connectivity index (χ1n) is 11.0. The summed E-state index contributed by atoms with van der Waals surface area (Å²) in [6.07, 6.45) is 5.83. The smallest absolute Gasteiger partial charge is 0.202 e. The largest absolute Gasteiger partial charge is 0.493 e. The van der Waals surface area contributed by atoms with Gasteiger partial charge in [0.25, 0.3) is 0 Å². The molecule has 3 aromatic rings. The van der Waals surface area contributed by atoms with Crippen molar-refractivity contribution in [2.75, 3.05) is 26.6 Å². The summed E-state index contributed by atoms with van der Waals surface area (Å²) < 4.78 is 18.0. The van der Waals surface area contributed by atoms with Crippen LogP contribution in [0.15, 0.2) is 71.9 Å². The summed E-state index contributed by atoms with van der Waals surface area (Å²) in [6.45, 7) is 12.5. The van der Waals surface area contributed by atoms with Crippen molar-refractivity contribution in [3.8, 4) is 0 Å². The predicted octanol–water partition coefficient (Wildman–Crippen LogP) is 6.22. The van der Waals surface area contributed by atoms with E-state index >= 15 is 0 Å². The second-order valence-corrected chi connectivity index (χ2v) is 6.99. The fraction of sp³-hybridized carbons (Fsp3) is 0.360. The number of nitrogens with zero attached hydrogens (tertiary/aromatic N) is 3. The van der Waals surface area contributed by atoms with Gasteiger partial charge in [-0.25, -0.2) is 9.50 Å². The minimum atomic E-state index is 0.477. The van der Waals surface area contributed by atoms with Crippen molar-refractivity contribution >= 4 is 22.8 Å². The Morgan fingerprint density at radius 3 is 2.42 bits per heavy atom. The predicted molar refractivity (Wildman–Crippen MR) is 137 cm³/mol. The van der Waals surface area contributed by atoms with E-state index in [9.17, 15) is 0 Å². The molecule has 0 spiro atoms. The maximum absolute atomic E-state index is 5.49. The molecular weight excluding hydrogens is 436 g/mol. The van der Waals surface area contributed by atoms with Crippen LogP contribution in [0.3, 0.4) is 0 Å². The minimum Gasteiger partial charge on any atom is -0.493 e. The molecule has 3 rings (SSSR count). The lowest BCUT2D eigenvalue weighted by molar-refractivity contribution is 0.190. The maximum Gasteiger partial charge on any atom is 0.202 e. The average Bonchev–Trinajstić information content (AvgIpc) is 3.55. The summed E-state index contributed by atoms with van der Waals surface area (Å²) in [7, 11) is 4.70. The molecule has 0 fully saturated rings. The summed E-state index contributed by atoms with van der Waals surface area (Å²) in [5.74, 6) is 2.31. The van der Waals surface area contributed by atoms with Crippen LogP contribution in [0.5, 0.6) is 0 Å². The van der Waals surface area contributed by atoms with Crippen LogP contribution in [-0.4, -0.2) is 35.9 Å². The van der Waals surface area contributed by atoms with Crippen molar-refractivity contribution in [3.63, 3.8) is 0 Å². The van der Waals surface area contributed by atoms with Crippen LogP contribution in [0.25, 0.3) is 5.65 Å². The van der Waals surface area contributed by atoms with Crippen molar-refractivity contribution < 1.29 is 14.2 Å². The Labute approximate surface area is 201 Å². The van der Waals surface area contributed by atoms with Gasteiger partial charge in [0, 0.05) is 11.3 Å². The lowest BCUT2D eigenvalue weighted by atomic mass is 10.2. The van der Waals surface area contributed by atoms with Gasteiger partial charge in [0.15, 0.2) is 17.2 Å². The highest BCUT2D eigenvalue weighted by Gasteiger charge is 2.13. The van der Waals surface area contributed by atoms with Crippen LogP contribution in [0.1, 0.15) is 38.3 Å². The molecule has 0 bridgehead atoms.